The first-order valence-corrected chi connectivity index (χ1v) is 9.79. The Bertz CT molecular complexity index is 223. The van der Waals surface area contributed by atoms with E-state index in [9.17, 15) is 0 Å². The van der Waals surface area contributed by atoms with Gasteiger partial charge in [-0.05, 0) is 52.6 Å². The van der Waals surface area contributed by atoms with Crippen LogP contribution < -0.4 is 5.32 Å². The Kier molecular flexibility index (Phi) is 14.4. The number of nitrogens with zero attached hydrogens (tertiary/aromatic N) is 2. The minimum atomic E-state index is 0.673. The van der Waals surface area contributed by atoms with Crippen LogP contribution in [0, 0.1) is 0 Å². The van der Waals surface area contributed by atoms with E-state index in [1.54, 1.807) is 0 Å². The predicted octanol–water partition coefficient (Wildman–Crippen LogP) is 4.33. The summed E-state index contributed by atoms with van der Waals surface area (Å²) in [6, 6.07) is 1.35. The van der Waals surface area contributed by atoms with Gasteiger partial charge in [0.25, 0.3) is 0 Å². The maximum atomic E-state index is 3.59. The van der Waals surface area contributed by atoms with Crippen LogP contribution in [0.3, 0.4) is 0 Å². The van der Waals surface area contributed by atoms with E-state index in [1.165, 1.54) is 58.2 Å². The Labute approximate surface area is 140 Å². The van der Waals surface area contributed by atoms with Crippen LogP contribution in [0.2, 0.25) is 0 Å². The summed E-state index contributed by atoms with van der Waals surface area (Å²) >= 11 is 0. The lowest BCUT2D eigenvalue weighted by Gasteiger charge is -2.38. The summed E-state index contributed by atoms with van der Waals surface area (Å²) < 4.78 is 0. The molecule has 0 aliphatic carbocycles. The fourth-order valence-corrected chi connectivity index (χ4v) is 2.71. The second-order valence-corrected chi connectivity index (χ2v) is 6.75. The second kappa shape index (κ2) is 14.5. The van der Waals surface area contributed by atoms with Crippen molar-refractivity contribution in [1.82, 2.24) is 15.1 Å². The molecule has 0 fully saturated rings. The van der Waals surface area contributed by atoms with Gasteiger partial charge in [-0.15, -0.1) is 0 Å². The smallest absolute Gasteiger partial charge is 0.0511 e. The van der Waals surface area contributed by atoms with Gasteiger partial charge in [0.1, 0.15) is 0 Å². The third-order valence-corrected chi connectivity index (χ3v) is 4.82. The standard InChI is InChI=1S/C19H43N3/c1-7-11-13-20-14-16-21(15-12-8-2)17-22(18(5)9-3)19(6)10-4/h18-20H,7-17H2,1-6H3. The molecule has 3 heteroatoms. The molecule has 134 valence electrons. The van der Waals surface area contributed by atoms with Gasteiger partial charge in [-0.25, -0.2) is 0 Å². The highest BCUT2D eigenvalue weighted by Crippen LogP contribution is 2.13. The third kappa shape index (κ3) is 9.81. The fraction of sp³-hybridized carbons (Fsp3) is 1.00. The molecule has 0 radical (unpaired) electrons. The summed E-state index contributed by atoms with van der Waals surface area (Å²) in [5.41, 5.74) is 0. The third-order valence-electron chi connectivity index (χ3n) is 4.82. The second-order valence-electron chi connectivity index (χ2n) is 6.75. The molecule has 1 N–H and O–H groups in total. The molecule has 0 heterocycles. The molecule has 0 aliphatic heterocycles. The number of hydrogen-bond acceptors (Lipinski definition) is 3. The van der Waals surface area contributed by atoms with E-state index in [0.717, 1.165) is 13.2 Å². The number of nitrogens with one attached hydrogen (secondary N) is 1. The number of hydrogen-bond donors (Lipinski definition) is 1. The van der Waals surface area contributed by atoms with Crippen LogP contribution in [0.25, 0.3) is 0 Å². The normalized spacial score (nSPS) is 14.7. The van der Waals surface area contributed by atoms with Crippen molar-refractivity contribution in [1.29, 1.82) is 0 Å². The molecule has 3 nitrogen and oxygen atoms in total. The molecule has 2 atom stereocenters. The average Bonchev–Trinajstić information content (AvgIpc) is 2.54. The molecule has 0 amide bonds. The van der Waals surface area contributed by atoms with Crippen LogP contribution in [-0.4, -0.2) is 54.7 Å². The molecule has 2 unspecified atom stereocenters. The van der Waals surface area contributed by atoms with Crippen LogP contribution in [0.1, 0.15) is 80.1 Å². The van der Waals surface area contributed by atoms with Crippen molar-refractivity contribution in [2.45, 2.75) is 92.2 Å². The van der Waals surface area contributed by atoms with Crippen LogP contribution in [0.4, 0.5) is 0 Å². The van der Waals surface area contributed by atoms with Crippen molar-refractivity contribution in [3.63, 3.8) is 0 Å². The Balaban J connectivity index is 4.43. The van der Waals surface area contributed by atoms with Crippen LogP contribution >= 0.6 is 0 Å². The van der Waals surface area contributed by atoms with E-state index >= 15 is 0 Å². The van der Waals surface area contributed by atoms with Crippen molar-refractivity contribution in [2.75, 3.05) is 32.8 Å². The van der Waals surface area contributed by atoms with Gasteiger partial charge in [-0.3, -0.25) is 9.80 Å². The van der Waals surface area contributed by atoms with Gasteiger partial charge in [0.05, 0.1) is 6.67 Å². The van der Waals surface area contributed by atoms with E-state index in [2.05, 4.69) is 56.7 Å². The van der Waals surface area contributed by atoms with Crippen LogP contribution in [0.5, 0.6) is 0 Å². The van der Waals surface area contributed by atoms with Crippen molar-refractivity contribution in [2.24, 2.45) is 0 Å². The van der Waals surface area contributed by atoms with Crippen molar-refractivity contribution in [3.8, 4) is 0 Å². The van der Waals surface area contributed by atoms with Gasteiger partial charge in [0.2, 0.25) is 0 Å². The zero-order valence-corrected chi connectivity index (χ0v) is 16.3. The van der Waals surface area contributed by atoms with Gasteiger partial charge in [0.15, 0.2) is 0 Å². The lowest BCUT2D eigenvalue weighted by Crippen LogP contribution is -2.48. The topological polar surface area (TPSA) is 18.5 Å². The van der Waals surface area contributed by atoms with Gasteiger partial charge < -0.3 is 5.32 Å². The molecule has 0 aromatic heterocycles. The van der Waals surface area contributed by atoms with Gasteiger partial charge >= 0.3 is 0 Å². The lowest BCUT2D eigenvalue weighted by molar-refractivity contribution is 0.0614. The van der Waals surface area contributed by atoms with Crippen molar-refractivity contribution < 1.29 is 0 Å². The molecule has 0 aliphatic rings. The highest BCUT2D eigenvalue weighted by Gasteiger charge is 2.20. The SMILES string of the molecule is CCCCNCCN(CCCC)CN(C(C)CC)C(C)CC. The minimum Gasteiger partial charge on any atom is -0.315 e. The average molecular weight is 314 g/mol. The summed E-state index contributed by atoms with van der Waals surface area (Å²) in [7, 11) is 0. The molecule has 22 heavy (non-hydrogen) atoms. The summed E-state index contributed by atoms with van der Waals surface area (Å²) in [5.74, 6) is 0. The van der Waals surface area contributed by atoms with Crippen molar-refractivity contribution in [3.05, 3.63) is 0 Å². The molecule has 0 spiro atoms. The maximum absolute atomic E-state index is 3.59. The van der Waals surface area contributed by atoms with E-state index in [4.69, 9.17) is 0 Å². The first kappa shape index (κ1) is 21.9. The predicted molar refractivity (Wildman–Crippen MR) is 100 cm³/mol. The molecule has 0 bridgehead atoms. The molecule has 0 saturated carbocycles. The molecular formula is C19H43N3. The summed E-state index contributed by atoms with van der Waals surface area (Å²) in [5, 5.41) is 3.59. The van der Waals surface area contributed by atoms with Crippen LogP contribution in [-0.2, 0) is 0 Å². The number of rotatable bonds is 15. The number of unbranched alkanes of at least 4 members (excludes halogenated alkanes) is 2. The first-order valence-electron chi connectivity index (χ1n) is 9.79. The monoisotopic (exact) mass is 313 g/mol. The summed E-state index contributed by atoms with van der Waals surface area (Å²) in [6.07, 6.45) is 7.64. The zero-order valence-electron chi connectivity index (χ0n) is 16.3. The summed E-state index contributed by atoms with van der Waals surface area (Å²) in [6.45, 7) is 19.7. The largest absolute Gasteiger partial charge is 0.315 e. The fourth-order valence-electron chi connectivity index (χ4n) is 2.71. The highest BCUT2D eigenvalue weighted by atomic mass is 15.3. The van der Waals surface area contributed by atoms with Gasteiger partial charge in [-0.1, -0.05) is 40.5 Å². The molecule has 0 aromatic carbocycles. The molecule has 0 saturated heterocycles. The van der Waals surface area contributed by atoms with E-state index < -0.39 is 0 Å². The van der Waals surface area contributed by atoms with Crippen molar-refractivity contribution >= 4 is 0 Å². The Morgan fingerprint density at radius 3 is 1.86 bits per heavy atom. The lowest BCUT2D eigenvalue weighted by atomic mass is 10.1. The quantitative estimate of drug-likeness (QED) is 0.358. The Morgan fingerprint density at radius 1 is 0.773 bits per heavy atom. The van der Waals surface area contributed by atoms with E-state index in [0.29, 0.717) is 12.1 Å². The molecule has 0 aromatic rings. The van der Waals surface area contributed by atoms with Crippen LogP contribution in [0.15, 0.2) is 0 Å². The highest BCUT2D eigenvalue weighted by molar-refractivity contribution is 4.73. The molecule has 0 rings (SSSR count). The van der Waals surface area contributed by atoms with Gasteiger partial charge in [-0.2, -0.15) is 0 Å². The Hall–Kier alpha value is -0.120. The molecular weight excluding hydrogens is 270 g/mol. The summed E-state index contributed by atoms with van der Waals surface area (Å²) in [4.78, 5) is 5.35. The zero-order chi connectivity index (χ0) is 16.8. The van der Waals surface area contributed by atoms with E-state index in [-0.39, 0.29) is 0 Å². The first-order chi connectivity index (χ1) is 10.6. The maximum Gasteiger partial charge on any atom is 0.0511 e. The van der Waals surface area contributed by atoms with Gasteiger partial charge in [0, 0.05) is 25.2 Å². The van der Waals surface area contributed by atoms with E-state index in [1.807, 2.05) is 0 Å². The minimum absolute atomic E-state index is 0.673. The Morgan fingerprint density at radius 2 is 1.36 bits per heavy atom.